The van der Waals surface area contributed by atoms with Crippen molar-refractivity contribution in [2.24, 2.45) is 0 Å². The lowest BCUT2D eigenvalue weighted by atomic mass is 9.95. The maximum absolute atomic E-state index is 5.42. The summed E-state index contributed by atoms with van der Waals surface area (Å²) in [4.78, 5) is 2.53. The van der Waals surface area contributed by atoms with Crippen LogP contribution in [0.15, 0.2) is 18.2 Å². The molecule has 3 heteroatoms. The minimum absolute atomic E-state index is 0.499. The molecule has 0 aromatic heterocycles. The van der Waals surface area contributed by atoms with Crippen LogP contribution in [-0.2, 0) is 0 Å². The minimum atomic E-state index is 0.499. The molecule has 0 bridgehead atoms. The molecule has 2 saturated heterocycles. The van der Waals surface area contributed by atoms with Gasteiger partial charge in [0.2, 0.25) is 0 Å². The van der Waals surface area contributed by atoms with Gasteiger partial charge in [0.05, 0.1) is 7.11 Å². The predicted octanol–water partition coefficient (Wildman–Crippen LogP) is 3.11. The third-order valence-electron chi connectivity index (χ3n) is 4.37. The van der Waals surface area contributed by atoms with Crippen molar-refractivity contribution >= 4 is 5.69 Å². The molecule has 3 rings (SSSR count). The summed E-state index contributed by atoms with van der Waals surface area (Å²) in [7, 11) is 1.75. The maximum atomic E-state index is 5.42. The van der Waals surface area contributed by atoms with Crippen LogP contribution in [0.3, 0.4) is 0 Å². The Labute approximate surface area is 115 Å². The monoisotopic (exact) mass is 260 g/mol. The predicted molar refractivity (Wildman–Crippen MR) is 79.0 cm³/mol. The van der Waals surface area contributed by atoms with E-state index < -0.39 is 0 Å². The lowest BCUT2D eigenvalue weighted by Crippen LogP contribution is -2.29. The number of hydrogen-bond acceptors (Lipinski definition) is 3. The summed E-state index contributed by atoms with van der Waals surface area (Å²) < 4.78 is 5.42. The molecule has 0 amide bonds. The van der Waals surface area contributed by atoms with E-state index >= 15 is 0 Å². The molecule has 0 radical (unpaired) electrons. The third kappa shape index (κ3) is 2.71. The molecular weight excluding hydrogens is 236 g/mol. The van der Waals surface area contributed by atoms with E-state index in [2.05, 4.69) is 28.4 Å². The molecular formula is C16H24N2O. The molecule has 1 aromatic carbocycles. The van der Waals surface area contributed by atoms with Crippen molar-refractivity contribution in [3.05, 3.63) is 23.8 Å². The number of methoxy groups -OCH3 is 1. The number of nitrogens with one attached hydrogen (secondary N) is 1. The van der Waals surface area contributed by atoms with Gasteiger partial charge in [0.1, 0.15) is 5.75 Å². The second kappa shape index (κ2) is 5.83. The SMILES string of the molecule is COc1ccc(N2CCCC2)c(C2CCCCN2)c1. The zero-order valence-electron chi connectivity index (χ0n) is 11.8. The van der Waals surface area contributed by atoms with Crippen LogP contribution < -0.4 is 15.0 Å². The number of hydrogen-bond donors (Lipinski definition) is 1. The highest BCUT2D eigenvalue weighted by molar-refractivity contribution is 5.58. The molecule has 2 fully saturated rings. The Hall–Kier alpha value is -1.22. The second-order valence-electron chi connectivity index (χ2n) is 5.62. The summed E-state index contributed by atoms with van der Waals surface area (Å²) in [6.45, 7) is 3.54. The van der Waals surface area contributed by atoms with Gasteiger partial charge in [-0.3, -0.25) is 0 Å². The molecule has 0 spiro atoms. The molecule has 0 saturated carbocycles. The fourth-order valence-corrected chi connectivity index (χ4v) is 3.30. The smallest absolute Gasteiger partial charge is 0.119 e. The van der Waals surface area contributed by atoms with Crippen molar-refractivity contribution in [3.63, 3.8) is 0 Å². The van der Waals surface area contributed by atoms with E-state index in [0.717, 1.165) is 12.3 Å². The Kier molecular flexibility index (Phi) is 3.92. The number of piperidine rings is 1. The topological polar surface area (TPSA) is 24.5 Å². The average Bonchev–Trinajstić information content (AvgIpc) is 3.01. The van der Waals surface area contributed by atoms with Gasteiger partial charge in [-0.15, -0.1) is 0 Å². The first-order chi connectivity index (χ1) is 9.38. The highest BCUT2D eigenvalue weighted by Gasteiger charge is 2.22. The fourth-order valence-electron chi connectivity index (χ4n) is 3.30. The highest BCUT2D eigenvalue weighted by atomic mass is 16.5. The van der Waals surface area contributed by atoms with Crippen LogP contribution in [0, 0.1) is 0 Å². The van der Waals surface area contributed by atoms with Gasteiger partial charge in [-0.1, -0.05) is 6.42 Å². The van der Waals surface area contributed by atoms with E-state index in [-0.39, 0.29) is 0 Å². The van der Waals surface area contributed by atoms with Gasteiger partial charge >= 0.3 is 0 Å². The molecule has 104 valence electrons. The molecule has 2 heterocycles. The summed E-state index contributed by atoms with van der Waals surface area (Å²) in [5.74, 6) is 0.977. The first kappa shape index (κ1) is 12.8. The molecule has 3 nitrogen and oxygen atoms in total. The van der Waals surface area contributed by atoms with Crippen LogP contribution >= 0.6 is 0 Å². The van der Waals surface area contributed by atoms with Crippen LogP contribution in [0.5, 0.6) is 5.75 Å². The lowest BCUT2D eigenvalue weighted by Gasteiger charge is -2.29. The summed E-state index contributed by atoms with van der Waals surface area (Å²) in [5, 5.41) is 3.67. The van der Waals surface area contributed by atoms with Gasteiger partial charge in [0.15, 0.2) is 0 Å². The Morgan fingerprint density at radius 2 is 2.00 bits per heavy atom. The molecule has 19 heavy (non-hydrogen) atoms. The van der Waals surface area contributed by atoms with E-state index in [1.165, 1.54) is 56.4 Å². The van der Waals surface area contributed by atoms with Gasteiger partial charge in [-0.2, -0.15) is 0 Å². The highest BCUT2D eigenvalue weighted by Crippen LogP contribution is 2.35. The fraction of sp³-hybridized carbons (Fsp3) is 0.625. The van der Waals surface area contributed by atoms with Crippen molar-refractivity contribution in [1.29, 1.82) is 0 Å². The molecule has 0 aliphatic carbocycles. The van der Waals surface area contributed by atoms with Crippen LogP contribution in [0.25, 0.3) is 0 Å². The van der Waals surface area contributed by atoms with E-state index in [1.54, 1.807) is 7.11 Å². The van der Waals surface area contributed by atoms with Crippen molar-refractivity contribution in [2.75, 3.05) is 31.6 Å². The maximum Gasteiger partial charge on any atom is 0.119 e. The Morgan fingerprint density at radius 3 is 2.68 bits per heavy atom. The van der Waals surface area contributed by atoms with Gasteiger partial charge in [0.25, 0.3) is 0 Å². The molecule has 2 aliphatic rings. The van der Waals surface area contributed by atoms with Crippen LogP contribution in [0.1, 0.15) is 43.7 Å². The van der Waals surface area contributed by atoms with Gasteiger partial charge in [-0.25, -0.2) is 0 Å². The zero-order chi connectivity index (χ0) is 13.1. The van der Waals surface area contributed by atoms with E-state index in [0.29, 0.717) is 6.04 Å². The van der Waals surface area contributed by atoms with E-state index in [9.17, 15) is 0 Å². The number of nitrogens with zero attached hydrogens (tertiary/aromatic N) is 1. The van der Waals surface area contributed by atoms with Crippen LogP contribution in [0.2, 0.25) is 0 Å². The van der Waals surface area contributed by atoms with Crippen molar-refractivity contribution in [1.82, 2.24) is 5.32 Å². The normalized spacial score (nSPS) is 23.6. The number of anilines is 1. The molecule has 1 atom stereocenters. The third-order valence-corrected chi connectivity index (χ3v) is 4.37. The molecule has 1 aromatic rings. The number of rotatable bonds is 3. The van der Waals surface area contributed by atoms with E-state index in [1.807, 2.05) is 0 Å². The largest absolute Gasteiger partial charge is 0.497 e. The summed E-state index contributed by atoms with van der Waals surface area (Å²) >= 11 is 0. The van der Waals surface area contributed by atoms with Gasteiger partial charge < -0.3 is 15.0 Å². The van der Waals surface area contributed by atoms with Crippen LogP contribution in [0.4, 0.5) is 5.69 Å². The molecule has 1 unspecified atom stereocenters. The Bertz CT molecular complexity index is 421. The first-order valence-electron chi connectivity index (χ1n) is 7.55. The van der Waals surface area contributed by atoms with Crippen molar-refractivity contribution in [2.45, 2.75) is 38.1 Å². The summed E-state index contributed by atoms with van der Waals surface area (Å²) in [5.41, 5.74) is 2.85. The molecule has 2 aliphatic heterocycles. The zero-order valence-corrected chi connectivity index (χ0v) is 11.8. The summed E-state index contributed by atoms with van der Waals surface area (Å²) in [6.07, 6.45) is 6.52. The molecule has 1 N–H and O–H groups in total. The number of benzene rings is 1. The Morgan fingerprint density at radius 1 is 1.16 bits per heavy atom. The quantitative estimate of drug-likeness (QED) is 0.903. The Balaban J connectivity index is 1.92. The van der Waals surface area contributed by atoms with Gasteiger partial charge in [0, 0.05) is 24.8 Å². The van der Waals surface area contributed by atoms with E-state index in [4.69, 9.17) is 4.74 Å². The lowest BCUT2D eigenvalue weighted by molar-refractivity contribution is 0.400. The second-order valence-corrected chi connectivity index (χ2v) is 5.62. The first-order valence-corrected chi connectivity index (χ1v) is 7.55. The van der Waals surface area contributed by atoms with Crippen LogP contribution in [-0.4, -0.2) is 26.7 Å². The average molecular weight is 260 g/mol. The van der Waals surface area contributed by atoms with Gasteiger partial charge in [-0.05, 0) is 56.0 Å². The van der Waals surface area contributed by atoms with Crippen molar-refractivity contribution < 1.29 is 4.74 Å². The number of ether oxygens (including phenoxy) is 1. The summed E-state index contributed by atoms with van der Waals surface area (Å²) in [6, 6.07) is 7.08. The standard InChI is InChI=1S/C16H24N2O/c1-19-13-7-8-16(18-10-4-5-11-18)14(12-13)15-6-2-3-9-17-15/h7-8,12,15,17H,2-6,9-11H2,1H3. The van der Waals surface area contributed by atoms with Crippen molar-refractivity contribution in [3.8, 4) is 5.75 Å². The minimum Gasteiger partial charge on any atom is -0.497 e.